The van der Waals surface area contributed by atoms with Crippen LogP contribution in [0.1, 0.15) is 25.0 Å². The van der Waals surface area contributed by atoms with Crippen molar-refractivity contribution in [2.45, 2.75) is 44.8 Å². The lowest BCUT2D eigenvalue weighted by atomic mass is 10.0. The number of rotatable bonds is 12. The molecule has 1 aromatic heterocycles. The third kappa shape index (κ3) is 7.65. The molecule has 10 nitrogen and oxygen atoms in total. The molecule has 3 amide bonds. The third-order valence-corrected chi connectivity index (χ3v) is 6.04. The second kappa shape index (κ2) is 12.7. The zero-order chi connectivity index (χ0) is 26.9. The molecule has 1 heterocycles. The fraction of sp³-hybridized carbons (Fsp3) is 0.333. The van der Waals surface area contributed by atoms with Crippen molar-refractivity contribution in [3.8, 4) is 0 Å². The van der Waals surface area contributed by atoms with Crippen LogP contribution in [0.2, 0.25) is 0 Å². The van der Waals surface area contributed by atoms with E-state index in [0.717, 1.165) is 22.0 Å². The Morgan fingerprint density at radius 3 is 2.27 bits per heavy atom. The van der Waals surface area contributed by atoms with Crippen molar-refractivity contribution in [1.82, 2.24) is 20.9 Å². The van der Waals surface area contributed by atoms with Crippen LogP contribution >= 0.6 is 0 Å². The monoisotopic (exact) mass is 507 g/mol. The summed E-state index contributed by atoms with van der Waals surface area (Å²) >= 11 is 0. The first kappa shape index (κ1) is 27.4. The molecule has 0 aliphatic heterocycles. The van der Waals surface area contributed by atoms with Crippen molar-refractivity contribution in [2.75, 3.05) is 6.54 Å². The predicted molar refractivity (Wildman–Crippen MR) is 139 cm³/mol. The van der Waals surface area contributed by atoms with Gasteiger partial charge < -0.3 is 31.8 Å². The van der Waals surface area contributed by atoms with Gasteiger partial charge in [-0.3, -0.25) is 14.4 Å². The van der Waals surface area contributed by atoms with Crippen molar-refractivity contribution in [2.24, 2.45) is 11.7 Å². The molecule has 0 saturated carbocycles. The summed E-state index contributed by atoms with van der Waals surface area (Å²) in [6.07, 6.45) is 2.22. The van der Waals surface area contributed by atoms with Crippen molar-refractivity contribution in [3.63, 3.8) is 0 Å². The maximum absolute atomic E-state index is 13.1. The highest BCUT2D eigenvalue weighted by atomic mass is 16.4. The van der Waals surface area contributed by atoms with Gasteiger partial charge in [0.05, 0.1) is 12.6 Å². The Kier molecular flexibility index (Phi) is 9.39. The Morgan fingerprint density at radius 2 is 1.59 bits per heavy atom. The third-order valence-electron chi connectivity index (χ3n) is 6.04. The van der Waals surface area contributed by atoms with Gasteiger partial charge in [0.25, 0.3) is 0 Å². The molecule has 196 valence electrons. The standard InChI is InChI=1S/C27H33N5O5/c1-16(2)24(27(36)37)32-23(33)15-30-26(35)22(13-18-14-29-21-11-7-6-10-19(18)21)31-25(34)20(28)12-17-8-4-3-5-9-17/h3-11,14,16,20,22,24,29H,12-13,15,28H2,1-2H3,(H,30,35)(H,31,34)(H,32,33)(H,36,37). The SMILES string of the molecule is CC(C)C(NC(=O)CNC(=O)C(Cc1c[nH]c2ccccc12)NC(=O)C(N)Cc1ccccc1)C(=O)O. The number of carboxylic acid groups (broad SMARTS) is 1. The number of nitrogens with one attached hydrogen (secondary N) is 4. The minimum absolute atomic E-state index is 0.158. The summed E-state index contributed by atoms with van der Waals surface area (Å²) in [5.41, 5.74) is 8.71. The molecule has 0 saturated heterocycles. The molecule has 3 rings (SSSR count). The molecular weight excluding hydrogens is 474 g/mol. The van der Waals surface area contributed by atoms with Gasteiger partial charge in [0, 0.05) is 23.5 Å². The van der Waals surface area contributed by atoms with Crippen LogP contribution in [0.3, 0.4) is 0 Å². The molecule has 7 N–H and O–H groups in total. The summed E-state index contributed by atoms with van der Waals surface area (Å²) in [5, 5.41) is 17.8. The Balaban J connectivity index is 1.71. The molecule has 0 aliphatic rings. The second-order valence-electron chi connectivity index (χ2n) is 9.27. The maximum atomic E-state index is 13.1. The van der Waals surface area contributed by atoms with Crippen LogP contribution in [-0.4, -0.2) is 58.5 Å². The van der Waals surface area contributed by atoms with Gasteiger partial charge >= 0.3 is 5.97 Å². The fourth-order valence-corrected chi connectivity index (χ4v) is 4.00. The summed E-state index contributed by atoms with van der Waals surface area (Å²) in [4.78, 5) is 52.8. The number of amides is 3. The predicted octanol–water partition coefficient (Wildman–Crippen LogP) is 1.11. The zero-order valence-corrected chi connectivity index (χ0v) is 20.9. The number of H-pyrrole nitrogens is 1. The number of aromatic nitrogens is 1. The van der Waals surface area contributed by atoms with E-state index >= 15 is 0 Å². The number of carbonyl (C=O) groups excluding carboxylic acids is 3. The van der Waals surface area contributed by atoms with Gasteiger partial charge in [-0.05, 0) is 29.5 Å². The molecule has 10 heteroatoms. The topological polar surface area (TPSA) is 166 Å². The quantitative estimate of drug-likeness (QED) is 0.215. The minimum Gasteiger partial charge on any atom is -0.480 e. The molecule has 2 aromatic carbocycles. The Labute approximate surface area is 215 Å². The summed E-state index contributed by atoms with van der Waals surface area (Å²) < 4.78 is 0. The first-order chi connectivity index (χ1) is 17.7. The van der Waals surface area contributed by atoms with Crippen LogP contribution in [0, 0.1) is 5.92 Å². The molecule has 3 aromatic rings. The average molecular weight is 508 g/mol. The van der Waals surface area contributed by atoms with Gasteiger partial charge in [0.15, 0.2) is 0 Å². The molecule has 0 bridgehead atoms. The van der Waals surface area contributed by atoms with Crippen molar-refractivity contribution < 1.29 is 24.3 Å². The lowest BCUT2D eigenvalue weighted by molar-refractivity contribution is -0.143. The summed E-state index contributed by atoms with van der Waals surface area (Å²) in [6, 6.07) is 13.9. The number of aromatic amines is 1. The Hall–Kier alpha value is -4.18. The van der Waals surface area contributed by atoms with E-state index in [2.05, 4.69) is 20.9 Å². The summed E-state index contributed by atoms with van der Waals surface area (Å²) in [5.74, 6) is -3.23. The van der Waals surface area contributed by atoms with E-state index in [0.29, 0.717) is 6.42 Å². The van der Waals surface area contributed by atoms with Gasteiger partial charge in [0.1, 0.15) is 12.1 Å². The zero-order valence-electron chi connectivity index (χ0n) is 20.9. The lowest BCUT2D eigenvalue weighted by Gasteiger charge is -2.21. The number of benzene rings is 2. The van der Waals surface area contributed by atoms with Crippen LogP contribution in [0.15, 0.2) is 60.8 Å². The lowest BCUT2D eigenvalue weighted by Crippen LogP contribution is -2.54. The number of aliphatic carboxylic acids is 1. The van der Waals surface area contributed by atoms with E-state index in [1.54, 1.807) is 20.0 Å². The number of fused-ring (bicyclic) bond motifs is 1. The van der Waals surface area contributed by atoms with E-state index in [9.17, 15) is 24.3 Å². The van der Waals surface area contributed by atoms with Crippen LogP contribution in [0.25, 0.3) is 10.9 Å². The number of carbonyl (C=O) groups is 4. The minimum atomic E-state index is -1.16. The van der Waals surface area contributed by atoms with Gasteiger partial charge in [-0.2, -0.15) is 0 Å². The van der Waals surface area contributed by atoms with Gasteiger partial charge in [-0.15, -0.1) is 0 Å². The number of hydrogen-bond acceptors (Lipinski definition) is 5. The average Bonchev–Trinajstić information content (AvgIpc) is 3.28. The van der Waals surface area contributed by atoms with E-state index in [-0.39, 0.29) is 12.3 Å². The fourth-order valence-electron chi connectivity index (χ4n) is 4.00. The Bertz CT molecular complexity index is 1240. The first-order valence-electron chi connectivity index (χ1n) is 12.1. The van der Waals surface area contributed by atoms with Crippen LogP contribution in [0.5, 0.6) is 0 Å². The number of hydrogen-bond donors (Lipinski definition) is 6. The summed E-state index contributed by atoms with van der Waals surface area (Å²) in [6.45, 7) is 2.90. The second-order valence-corrected chi connectivity index (χ2v) is 9.27. The number of carboxylic acids is 1. The summed E-state index contributed by atoms with van der Waals surface area (Å²) in [7, 11) is 0. The molecule has 0 spiro atoms. The highest BCUT2D eigenvalue weighted by Gasteiger charge is 2.27. The highest BCUT2D eigenvalue weighted by molar-refractivity contribution is 5.93. The largest absolute Gasteiger partial charge is 0.480 e. The van der Waals surface area contributed by atoms with Gasteiger partial charge in [-0.25, -0.2) is 4.79 Å². The first-order valence-corrected chi connectivity index (χ1v) is 12.1. The highest BCUT2D eigenvalue weighted by Crippen LogP contribution is 2.19. The molecule has 3 atom stereocenters. The molecule has 0 aliphatic carbocycles. The van der Waals surface area contributed by atoms with Gasteiger partial charge in [-0.1, -0.05) is 62.4 Å². The normalized spacial score (nSPS) is 13.5. The van der Waals surface area contributed by atoms with Crippen molar-refractivity contribution >= 4 is 34.6 Å². The van der Waals surface area contributed by atoms with Crippen LogP contribution in [-0.2, 0) is 32.0 Å². The molecule has 0 fully saturated rings. The van der Waals surface area contributed by atoms with E-state index < -0.39 is 48.4 Å². The number of nitrogens with two attached hydrogens (primary N) is 1. The molecule has 0 radical (unpaired) electrons. The van der Waals surface area contributed by atoms with Crippen LogP contribution < -0.4 is 21.7 Å². The van der Waals surface area contributed by atoms with E-state index in [4.69, 9.17) is 5.73 Å². The number of para-hydroxylation sites is 1. The van der Waals surface area contributed by atoms with Gasteiger partial charge in [0.2, 0.25) is 17.7 Å². The molecule has 37 heavy (non-hydrogen) atoms. The van der Waals surface area contributed by atoms with Crippen molar-refractivity contribution in [1.29, 1.82) is 0 Å². The van der Waals surface area contributed by atoms with E-state index in [1.807, 2.05) is 54.6 Å². The Morgan fingerprint density at radius 1 is 0.919 bits per heavy atom. The van der Waals surface area contributed by atoms with Crippen LogP contribution in [0.4, 0.5) is 0 Å². The van der Waals surface area contributed by atoms with Crippen molar-refractivity contribution in [3.05, 3.63) is 71.9 Å². The molecule has 3 unspecified atom stereocenters. The van der Waals surface area contributed by atoms with E-state index in [1.165, 1.54) is 0 Å². The smallest absolute Gasteiger partial charge is 0.326 e. The molecular formula is C27H33N5O5. The maximum Gasteiger partial charge on any atom is 0.326 e.